The standard InChI is InChI=1S/C9H24N2Si/c1-7-9(3)12(6,10-8-2)11(4)5/h9-10H,7-8H2,1-6H3. The van der Waals surface area contributed by atoms with Gasteiger partial charge in [0.25, 0.3) is 0 Å². The summed E-state index contributed by atoms with van der Waals surface area (Å²) in [5, 5.41) is 0. The Hall–Kier alpha value is 0.137. The molecular weight excluding hydrogens is 164 g/mol. The van der Waals surface area contributed by atoms with Gasteiger partial charge < -0.3 is 9.55 Å². The smallest absolute Gasteiger partial charge is 0.203 e. The van der Waals surface area contributed by atoms with Crippen LogP contribution in [-0.2, 0) is 0 Å². The van der Waals surface area contributed by atoms with Crippen LogP contribution in [0.2, 0.25) is 12.1 Å². The number of hydrogen-bond donors (Lipinski definition) is 1. The second-order valence-electron chi connectivity index (χ2n) is 3.88. The molecule has 0 saturated carbocycles. The molecule has 0 rings (SSSR count). The second-order valence-corrected chi connectivity index (χ2v) is 8.41. The molecule has 0 fully saturated rings. The van der Waals surface area contributed by atoms with Crippen molar-refractivity contribution in [3.8, 4) is 0 Å². The monoisotopic (exact) mass is 188 g/mol. The number of nitrogens with one attached hydrogen (secondary N) is 1. The average Bonchev–Trinajstić information content (AvgIpc) is 2.03. The van der Waals surface area contributed by atoms with E-state index in [1.54, 1.807) is 0 Å². The maximum absolute atomic E-state index is 3.67. The van der Waals surface area contributed by atoms with Gasteiger partial charge in [0, 0.05) is 0 Å². The van der Waals surface area contributed by atoms with E-state index in [9.17, 15) is 0 Å². The fourth-order valence-electron chi connectivity index (χ4n) is 1.53. The maximum Gasteiger partial charge on any atom is 0.203 e. The van der Waals surface area contributed by atoms with E-state index in [4.69, 9.17) is 0 Å². The molecule has 74 valence electrons. The van der Waals surface area contributed by atoms with Gasteiger partial charge in [0.2, 0.25) is 8.40 Å². The van der Waals surface area contributed by atoms with E-state index in [2.05, 4.69) is 51.0 Å². The fourth-order valence-corrected chi connectivity index (χ4v) is 4.59. The highest BCUT2D eigenvalue weighted by atomic mass is 28.3. The van der Waals surface area contributed by atoms with Crippen molar-refractivity contribution in [2.45, 2.75) is 39.3 Å². The minimum Gasteiger partial charge on any atom is -0.325 e. The lowest BCUT2D eigenvalue weighted by molar-refractivity contribution is 0.556. The highest BCUT2D eigenvalue weighted by Crippen LogP contribution is 2.23. The van der Waals surface area contributed by atoms with Gasteiger partial charge in [0.1, 0.15) is 0 Å². The number of rotatable bonds is 5. The summed E-state index contributed by atoms with van der Waals surface area (Å²) in [7, 11) is 3.04. The van der Waals surface area contributed by atoms with Crippen molar-refractivity contribution in [3.63, 3.8) is 0 Å². The molecule has 0 aromatic rings. The third kappa shape index (κ3) is 2.57. The molecule has 2 nitrogen and oxygen atoms in total. The van der Waals surface area contributed by atoms with Crippen LogP contribution in [0.3, 0.4) is 0 Å². The van der Waals surface area contributed by atoms with Gasteiger partial charge in [-0.1, -0.05) is 27.2 Å². The number of hydrogen-bond acceptors (Lipinski definition) is 2. The molecule has 2 atom stereocenters. The van der Waals surface area contributed by atoms with Crippen molar-refractivity contribution in [1.82, 2.24) is 9.55 Å². The molecule has 3 heteroatoms. The van der Waals surface area contributed by atoms with Crippen LogP contribution in [0.5, 0.6) is 0 Å². The molecule has 0 aliphatic carbocycles. The molecule has 0 bridgehead atoms. The summed E-state index contributed by atoms with van der Waals surface area (Å²) in [5.41, 5.74) is 0.812. The van der Waals surface area contributed by atoms with Crippen LogP contribution in [0.1, 0.15) is 27.2 Å². The molecule has 0 radical (unpaired) electrons. The second kappa shape index (κ2) is 4.99. The van der Waals surface area contributed by atoms with Gasteiger partial charge in [0.05, 0.1) is 0 Å². The summed E-state index contributed by atoms with van der Waals surface area (Å²) < 4.78 is 2.41. The molecule has 2 unspecified atom stereocenters. The first-order valence-corrected chi connectivity index (χ1v) is 7.43. The third-order valence-electron chi connectivity index (χ3n) is 3.04. The molecule has 1 N–H and O–H groups in total. The minimum absolute atomic E-state index is 0.812. The van der Waals surface area contributed by atoms with Crippen molar-refractivity contribution in [2.75, 3.05) is 20.6 Å². The van der Waals surface area contributed by atoms with Gasteiger partial charge >= 0.3 is 0 Å². The van der Waals surface area contributed by atoms with Crippen molar-refractivity contribution >= 4 is 8.40 Å². The summed E-state index contributed by atoms with van der Waals surface area (Å²) in [4.78, 5) is 3.67. The van der Waals surface area contributed by atoms with Crippen molar-refractivity contribution in [1.29, 1.82) is 0 Å². The quantitative estimate of drug-likeness (QED) is 0.664. The third-order valence-corrected chi connectivity index (χ3v) is 8.29. The Kier molecular flexibility index (Phi) is 5.05. The molecule has 0 aromatic heterocycles. The lowest BCUT2D eigenvalue weighted by atomic mass is 10.4. The SMILES string of the molecule is CCN[Si](C)(C(C)CC)N(C)C. The van der Waals surface area contributed by atoms with Crippen LogP contribution in [0, 0.1) is 0 Å². The van der Waals surface area contributed by atoms with Crippen LogP contribution in [0.25, 0.3) is 0 Å². The lowest BCUT2D eigenvalue weighted by Crippen LogP contribution is -2.61. The Bertz CT molecular complexity index is 128. The first-order chi connectivity index (χ1) is 5.49. The minimum atomic E-state index is -1.35. The zero-order valence-electron chi connectivity index (χ0n) is 9.44. The van der Waals surface area contributed by atoms with Gasteiger partial charge in [-0.2, -0.15) is 0 Å². The topological polar surface area (TPSA) is 15.3 Å². The van der Waals surface area contributed by atoms with Gasteiger partial charge in [-0.3, -0.25) is 0 Å². The average molecular weight is 188 g/mol. The molecule has 0 saturated heterocycles. The van der Waals surface area contributed by atoms with Gasteiger partial charge in [0.15, 0.2) is 0 Å². The van der Waals surface area contributed by atoms with Crippen LogP contribution in [0.4, 0.5) is 0 Å². The van der Waals surface area contributed by atoms with E-state index >= 15 is 0 Å². The van der Waals surface area contributed by atoms with Crippen LogP contribution >= 0.6 is 0 Å². The van der Waals surface area contributed by atoms with E-state index in [1.807, 2.05) is 0 Å². The van der Waals surface area contributed by atoms with Gasteiger partial charge in [-0.25, -0.2) is 0 Å². The molecule has 0 spiro atoms. The Morgan fingerprint density at radius 1 is 1.33 bits per heavy atom. The normalized spacial score (nSPS) is 19.2. The van der Waals surface area contributed by atoms with Crippen molar-refractivity contribution in [2.24, 2.45) is 0 Å². The van der Waals surface area contributed by atoms with Crippen LogP contribution in [0.15, 0.2) is 0 Å². The van der Waals surface area contributed by atoms with E-state index in [0.717, 1.165) is 12.1 Å². The molecule has 12 heavy (non-hydrogen) atoms. The summed E-state index contributed by atoms with van der Waals surface area (Å²) in [6, 6.07) is 0. The van der Waals surface area contributed by atoms with Crippen LogP contribution < -0.4 is 4.98 Å². The zero-order chi connectivity index (χ0) is 9.78. The molecule has 0 aromatic carbocycles. The van der Waals surface area contributed by atoms with Gasteiger partial charge in [-0.15, -0.1) is 0 Å². The molecular formula is C9H24N2Si. The largest absolute Gasteiger partial charge is 0.325 e. The van der Waals surface area contributed by atoms with Crippen molar-refractivity contribution in [3.05, 3.63) is 0 Å². The highest BCUT2D eigenvalue weighted by Gasteiger charge is 2.34. The Morgan fingerprint density at radius 2 is 1.83 bits per heavy atom. The first-order valence-electron chi connectivity index (χ1n) is 4.91. The predicted molar refractivity (Wildman–Crippen MR) is 58.7 cm³/mol. The van der Waals surface area contributed by atoms with E-state index in [0.29, 0.717) is 0 Å². The van der Waals surface area contributed by atoms with Crippen molar-refractivity contribution < 1.29 is 0 Å². The molecule has 0 aliphatic heterocycles. The molecule has 0 aliphatic rings. The van der Waals surface area contributed by atoms with E-state index in [-0.39, 0.29) is 0 Å². The fraction of sp³-hybridized carbons (Fsp3) is 1.00. The molecule has 0 heterocycles. The summed E-state index contributed by atoms with van der Waals surface area (Å²) in [6.45, 7) is 10.3. The first kappa shape index (κ1) is 12.1. The van der Waals surface area contributed by atoms with E-state index < -0.39 is 8.40 Å². The lowest BCUT2D eigenvalue weighted by Gasteiger charge is -2.39. The summed E-state index contributed by atoms with van der Waals surface area (Å²) in [6.07, 6.45) is 1.27. The molecule has 0 amide bonds. The van der Waals surface area contributed by atoms with Gasteiger partial charge in [-0.05, 0) is 32.7 Å². The highest BCUT2D eigenvalue weighted by molar-refractivity contribution is 6.74. The zero-order valence-corrected chi connectivity index (χ0v) is 10.4. The Morgan fingerprint density at radius 3 is 2.08 bits per heavy atom. The Labute approximate surface area is 78.5 Å². The number of nitrogens with zero attached hydrogens (tertiary/aromatic N) is 1. The summed E-state index contributed by atoms with van der Waals surface area (Å²) >= 11 is 0. The van der Waals surface area contributed by atoms with E-state index in [1.165, 1.54) is 6.42 Å². The van der Waals surface area contributed by atoms with Crippen LogP contribution in [-0.4, -0.2) is 33.6 Å². The summed E-state index contributed by atoms with van der Waals surface area (Å²) in [5.74, 6) is 0. The maximum atomic E-state index is 3.67. The predicted octanol–water partition coefficient (Wildman–Crippen LogP) is 2.03. The Balaban J connectivity index is 4.37.